The third-order valence-electron chi connectivity index (χ3n) is 5.50. The topological polar surface area (TPSA) is 69.7 Å². The first-order valence-electron chi connectivity index (χ1n) is 10.0. The first-order valence-corrected chi connectivity index (χ1v) is 10.0. The molecule has 0 aliphatic heterocycles. The summed E-state index contributed by atoms with van der Waals surface area (Å²) in [5, 5.41) is 0. The van der Waals surface area contributed by atoms with Crippen LogP contribution in [0.5, 0.6) is 0 Å². The van der Waals surface area contributed by atoms with Crippen LogP contribution in [0, 0.1) is 11.3 Å². The number of ketones is 1. The Morgan fingerprint density at radius 2 is 1.66 bits per heavy atom. The molecule has 1 aliphatic carbocycles. The zero-order chi connectivity index (χ0) is 22.0. The molecule has 5 nitrogen and oxygen atoms in total. The van der Waals surface area contributed by atoms with Gasteiger partial charge in [0.15, 0.2) is 5.78 Å². The minimum Gasteiger partial charge on any atom is -0.469 e. The summed E-state index contributed by atoms with van der Waals surface area (Å²) in [6, 6.07) is 0. The van der Waals surface area contributed by atoms with Gasteiger partial charge in [-0.05, 0) is 56.3 Å². The van der Waals surface area contributed by atoms with Crippen molar-refractivity contribution >= 4 is 17.7 Å². The van der Waals surface area contributed by atoms with Crippen LogP contribution in [0.15, 0.2) is 47.1 Å². The Labute approximate surface area is 174 Å². The number of carbonyl (C=O) groups is 3. The van der Waals surface area contributed by atoms with Gasteiger partial charge in [-0.1, -0.05) is 43.2 Å². The Bertz CT molecular complexity index is 716. The fourth-order valence-corrected chi connectivity index (χ4v) is 3.63. The van der Waals surface area contributed by atoms with E-state index < -0.39 is 11.9 Å². The molecule has 0 amide bonds. The third kappa shape index (κ3) is 8.22. The van der Waals surface area contributed by atoms with Crippen LogP contribution in [0.2, 0.25) is 0 Å². The molecule has 160 valence electrons. The molecule has 0 N–H and O–H groups in total. The zero-order valence-corrected chi connectivity index (χ0v) is 18.5. The van der Waals surface area contributed by atoms with Gasteiger partial charge in [0.1, 0.15) is 0 Å². The largest absolute Gasteiger partial charge is 0.469 e. The van der Waals surface area contributed by atoms with Crippen LogP contribution < -0.4 is 0 Å². The standard InChI is InChI=1S/C24H34O5/c1-17(19(15-22(26)28-5)16-23(27)29-6)9-7-11-20(25)12-13-21-18(2)10-8-14-24(21,3)4/h7,9,11-13,19H,8,10,14-16H2,1-6H3/b11-7+,13-12+,17-9?. The monoisotopic (exact) mass is 402 g/mol. The van der Waals surface area contributed by atoms with Crippen LogP contribution in [-0.4, -0.2) is 31.9 Å². The van der Waals surface area contributed by atoms with Gasteiger partial charge in [-0.25, -0.2) is 0 Å². The fourth-order valence-electron chi connectivity index (χ4n) is 3.63. The van der Waals surface area contributed by atoms with E-state index in [0.29, 0.717) is 0 Å². The number of rotatable bonds is 9. The Kier molecular flexibility index (Phi) is 9.79. The van der Waals surface area contributed by atoms with Crippen molar-refractivity contribution in [3.8, 4) is 0 Å². The summed E-state index contributed by atoms with van der Waals surface area (Å²) in [6.07, 6.45) is 12.0. The van der Waals surface area contributed by atoms with Crippen molar-refractivity contribution in [2.75, 3.05) is 14.2 Å². The molecule has 0 aromatic rings. The molecule has 0 aromatic carbocycles. The van der Waals surface area contributed by atoms with Gasteiger partial charge in [-0.2, -0.15) is 0 Å². The van der Waals surface area contributed by atoms with Crippen molar-refractivity contribution in [1.82, 2.24) is 0 Å². The molecule has 5 heteroatoms. The van der Waals surface area contributed by atoms with Gasteiger partial charge in [0, 0.05) is 5.92 Å². The summed E-state index contributed by atoms with van der Waals surface area (Å²) in [5.74, 6) is -1.23. The average molecular weight is 403 g/mol. The van der Waals surface area contributed by atoms with E-state index in [4.69, 9.17) is 9.47 Å². The van der Waals surface area contributed by atoms with E-state index in [-0.39, 0.29) is 30.0 Å². The second kappa shape index (κ2) is 11.5. The number of allylic oxidation sites excluding steroid dienone is 8. The summed E-state index contributed by atoms with van der Waals surface area (Å²) in [4.78, 5) is 35.4. The van der Waals surface area contributed by atoms with Crippen molar-refractivity contribution in [1.29, 1.82) is 0 Å². The molecule has 0 saturated heterocycles. The van der Waals surface area contributed by atoms with Gasteiger partial charge >= 0.3 is 11.9 Å². The van der Waals surface area contributed by atoms with Gasteiger partial charge < -0.3 is 9.47 Å². The molecule has 0 spiro atoms. The van der Waals surface area contributed by atoms with Crippen LogP contribution in [0.25, 0.3) is 0 Å². The quantitative estimate of drug-likeness (QED) is 0.312. The zero-order valence-electron chi connectivity index (χ0n) is 18.5. The van der Waals surface area contributed by atoms with E-state index in [1.807, 2.05) is 13.0 Å². The van der Waals surface area contributed by atoms with Crippen molar-refractivity contribution in [2.24, 2.45) is 11.3 Å². The maximum atomic E-state index is 12.2. The lowest BCUT2D eigenvalue weighted by molar-refractivity contribution is -0.143. The predicted octanol–water partition coefficient (Wildman–Crippen LogP) is 4.88. The second-order valence-corrected chi connectivity index (χ2v) is 8.19. The Morgan fingerprint density at radius 1 is 1.07 bits per heavy atom. The van der Waals surface area contributed by atoms with Crippen LogP contribution in [0.1, 0.15) is 59.8 Å². The lowest BCUT2D eigenvalue weighted by Crippen LogP contribution is -2.19. The Morgan fingerprint density at radius 3 is 2.17 bits per heavy atom. The number of esters is 2. The predicted molar refractivity (Wildman–Crippen MR) is 114 cm³/mol. The molecule has 0 unspecified atom stereocenters. The number of ether oxygens (including phenoxy) is 2. The molecule has 0 atom stereocenters. The number of methoxy groups -OCH3 is 2. The van der Waals surface area contributed by atoms with Gasteiger partial charge in [0.05, 0.1) is 27.1 Å². The van der Waals surface area contributed by atoms with Gasteiger partial charge in [-0.15, -0.1) is 0 Å². The highest BCUT2D eigenvalue weighted by Gasteiger charge is 2.26. The first-order chi connectivity index (χ1) is 13.6. The van der Waals surface area contributed by atoms with Crippen LogP contribution in [-0.2, 0) is 23.9 Å². The highest BCUT2D eigenvalue weighted by Crippen LogP contribution is 2.40. The Hall–Kier alpha value is -2.43. The maximum Gasteiger partial charge on any atom is 0.306 e. The molecule has 0 saturated carbocycles. The lowest BCUT2D eigenvalue weighted by Gasteiger charge is -2.32. The summed E-state index contributed by atoms with van der Waals surface area (Å²) in [7, 11) is 2.62. The van der Waals surface area contributed by atoms with E-state index in [1.54, 1.807) is 18.2 Å². The highest BCUT2D eigenvalue weighted by atomic mass is 16.5. The summed E-state index contributed by atoms with van der Waals surface area (Å²) in [6.45, 7) is 8.38. The molecule has 29 heavy (non-hydrogen) atoms. The molecule has 0 heterocycles. The van der Waals surface area contributed by atoms with E-state index in [2.05, 4.69) is 20.8 Å². The van der Waals surface area contributed by atoms with E-state index in [1.165, 1.54) is 37.9 Å². The van der Waals surface area contributed by atoms with E-state index in [9.17, 15) is 14.4 Å². The van der Waals surface area contributed by atoms with Gasteiger partial charge in [0.2, 0.25) is 0 Å². The molecular weight excluding hydrogens is 368 g/mol. The fraction of sp³-hybridized carbons (Fsp3) is 0.542. The van der Waals surface area contributed by atoms with Gasteiger partial charge in [-0.3, -0.25) is 14.4 Å². The van der Waals surface area contributed by atoms with Gasteiger partial charge in [0.25, 0.3) is 0 Å². The van der Waals surface area contributed by atoms with E-state index >= 15 is 0 Å². The summed E-state index contributed by atoms with van der Waals surface area (Å²) in [5.41, 5.74) is 3.49. The second-order valence-electron chi connectivity index (χ2n) is 8.19. The number of hydrogen-bond acceptors (Lipinski definition) is 5. The summed E-state index contributed by atoms with van der Waals surface area (Å²) >= 11 is 0. The molecule has 0 bridgehead atoms. The van der Waals surface area contributed by atoms with Crippen LogP contribution in [0.4, 0.5) is 0 Å². The smallest absolute Gasteiger partial charge is 0.306 e. The van der Waals surface area contributed by atoms with Crippen LogP contribution in [0.3, 0.4) is 0 Å². The SMILES string of the molecule is COC(=O)CC(CC(=O)OC)C(C)=C/C=C/C(=O)/C=C/C1=C(C)CCCC1(C)C. The first kappa shape index (κ1) is 24.6. The molecule has 0 radical (unpaired) electrons. The third-order valence-corrected chi connectivity index (χ3v) is 5.50. The normalized spacial score (nSPS) is 17.3. The molecule has 0 aromatic heterocycles. The molecule has 1 aliphatic rings. The summed E-state index contributed by atoms with van der Waals surface area (Å²) < 4.78 is 9.40. The van der Waals surface area contributed by atoms with Crippen molar-refractivity contribution < 1.29 is 23.9 Å². The van der Waals surface area contributed by atoms with Crippen LogP contribution >= 0.6 is 0 Å². The van der Waals surface area contributed by atoms with Crippen molar-refractivity contribution in [3.05, 3.63) is 47.1 Å². The minimum absolute atomic E-state index is 0.0815. The van der Waals surface area contributed by atoms with Crippen molar-refractivity contribution in [3.63, 3.8) is 0 Å². The molecular formula is C24H34O5. The highest BCUT2D eigenvalue weighted by molar-refractivity contribution is 5.99. The minimum atomic E-state index is -0.395. The lowest BCUT2D eigenvalue weighted by atomic mass is 9.72. The van der Waals surface area contributed by atoms with Crippen molar-refractivity contribution in [2.45, 2.75) is 59.8 Å². The Balaban J connectivity index is 2.83. The molecule has 0 fully saturated rings. The van der Waals surface area contributed by atoms with E-state index in [0.717, 1.165) is 18.4 Å². The maximum absolute atomic E-state index is 12.2. The number of hydrogen-bond donors (Lipinski definition) is 0. The number of carbonyl (C=O) groups excluding carboxylic acids is 3. The molecule has 1 rings (SSSR count). The average Bonchev–Trinajstić information content (AvgIpc) is 2.66.